The summed E-state index contributed by atoms with van der Waals surface area (Å²) in [4.78, 5) is 11.0. The van der Waals surface area contributed by atoms with Crippen molar-refractivity contribution < 1.29 is 14.6 Å². The molecule has 0 aliphatic carbocycles. The smallest absolute Gasteiger partial charge is 0.335 e. The number of rotatable bonds is 2. The Labute approximate surface area is 142 Å². The van der Waals surface area contributed by atoms with Gasteiger partial charge in [0.15, 0.2) is 0 Å². The number of aromatic carboxylic acids is 1. The average molecular weight is 374 g/mol. The highest BCUT2D eigenvalue weighted by Gasteiger charge is 2.41. The molecule has 2 aromatic carbocycles. The number of carboxylic acids is 1. The number of hydrogen-bond donors (Lipinski definition) is 2. The van der Waals surface area contributed by atoms with Crippen molar-refractivity contribution in [3.8, 4) is 0 Å². The molecule has 4 nitrogen and oxygen atoms in total. The Hall–Kier alpha value is -1.85. The fourth-order valence-corrected chi connectivity index (χ4v) is 3.99. The average Bonchev–Trinajstić information content (AvgIpc) is 3.04. The van der Waals surface area contributed by atoms with Gasteiger partial charge in [0.05, 0.1) is 17.7 Å². The molecule has 3 atom stereocenters. The molecule has 2 aliphatic rings. The van der Waals surface area contributed by atoms with Gasteiger partial charge < -0.3 is 15.2 Å². The number of nitrogens with one attached hydrogen (secondary N) is 1. The van der Waals surface area contributed by atoms with Crippen molar-refractivity contribution in [3.05, 3.63) is 63.6 Å². The number of hydrogen-bond acceptors (Lipinski definition) is 3. The first-order valence-electron chi connectivity index (χ1n) is 7.64. The van der Waals surface area contributed by atoms with Gasteiger partial charge in [0.25, 0.3) is 0 Å². The van der Waals surface area contributed by atoms with E-state index in [1.54, 1.807) is 12.1 Å². The largest absolute Gasteiger partial charge is 0.478 e. The summed E-state index contributed by atoms with van der Waals surface area (Å²) < 4.78 is 7.05. The highest BCUT2D eigenvalue weighted by Crippen LogP contribution is 2.50. The van der Waals surface area contributed by atoms with Crippen LogP contribution in [0.5, 0.6) is 0 Å². The van der Waals surface area contributed by atoms with Crippen LogP contribution in [-0.4, -0.2) is 17.7 Å². The minimum atomic E-state index is -0.898. The van der Waals surface area contributed by atoms with Gasteiger partial charge in [-0.25, -0.2) is 4.79 Å². The van der Waals surface area contributed by atoms with E-state index in [0.717, 1.165) is 28.8 Å². The third-order valence-corrected chi connectivity index (χ3v) is 5.21. The molecule has 23 heavy (non-hydrogen) atoms. The molecule has 0 saturated carbocycles. The van der Waals surface area contributed by atoms with Crippen LogP contribution >= 0.6 is 15.9 Å². The molecule has 1 saturated heterocycles. The monoisotopic (exact) mass is 373 g/mol. The molecule has 2 N–H and O–H groups in total. The van der Waals surface area contributed by atoms with Crippen molar-refractivity contribution in [1.29, 1.82) is 0 Å². The van der Waals surface area contributed by atoms with Crippen LogP contribution in [0.2, 0.25) is 0 Å². The lowest BCUT2D eigenvalue weighted by Gasteiger charge is -2.36. The van der Waals surface area contributed by atoms with E-state index in [9.17, 15) is 4.79 Å². The molecule has 2 heterocycles. The molecule has 0 bridgehead atoms. The Morgan fingerprint density at radius 1 is 1.22 bits per heavy atom. The molecular formula is C18H16BrNO3. The van der Waals surface area contributed by atoms with E-state index < -0.39 is 5.97 Å². The van der Waals surface area contributed by atoms with Crippen molar-refractivity contribution in [1.82, 2.24) is 0 Å². The van der Waals surface area contributed by atoms with Gasteiger partial charge in [0.2, 0.25) is 0 Å². The fraction of sp³-hybridized carbons (Fsp3) is 0.278. The molecular weight excluding hydrogens is 358 g/mol. The minimum absolute atomic E-state index is 0.0906. The van der Waals surface area contributed by atoms with E-state index in [0.29, 0.717) is 11.5 Å². The second-order valence-corrected chi connectivity index (χ2v) is 6.94. The summed E-state index contributed by atoms with van der Waals surface area (Å²) in [6.45, 7) is 0.757. The fourth-order valence-electron chi connectivity index (χ4n) is 3.61. The molecule has 1 unspecified atom stereocenters. The van der Waals surface area contributed by atoms with E-state index in [1.165, 1.54) is 5.56 Å². The third-order valence-electron chi connectivity index (χ3n) is 4.71. The zero-order valence-electron chi connectivity index (χ0n) is 12.3. The van der Waals surface area contributed by atoms with Crippen LogP contribution in [0.25, 0.3) is 0 Å². The maximum atomic E-state index is 11.0. The van der Waals surface area contributed by atoms with Gasteiger partial charge in [-0.2, -0.15) is 0 Å². The summed E-state index contributed by atoms with van der Waals surface area (Å²) in [7, 11) is 0. The first-order valence-corrected chi connectivity index (χ1v) is 8.43. The maximum Gasteiger partial charge on any atom is 0.335 e. The predicted octanol–water partition coefficient (Wildman–Crippen LogP) is 4.39. The number of carboxylic acid groups (broad SMARTS) is 1. The molecule has 118 valence electrons. The number of anilines is 1. The van der Waals surface area contributed by atoms with Crippen LogP contribution in [-0.2, 0) is 4.74 Å². The molecule has 0 radical (unpaired) electrons. The zero-order valence-corrected chi connectivity index (χ0v) is 13.9. The number of carbonyl (C=O) groups is 1. The van der Waals surface area contributed by atoms with Crippen LogP contribution in [0.3, 0.4) is 0 Å². The van der Waals surface area contributed by atoms with Crippen LogP contribution in [0.4, 0.5) is 5.69 Å². The van der Waals surface area contributed by atoms with Gasteiger partial charge in [0.1, 0.15) is 0 Å². The summed E-state index contributed by atoms with van der Waals surface area (Å²) >= 11 is 3.53. The molecule has 0 amide bonds. The van der Waals surface area contributed by atoms with Crippen LogP contribution in [0.15, 0.2) is 46.9 Å². The van der Waals surface area contributed by atoms with E-state index in [-0.39, 0.29) is 12.1 Å². The Bertz CT molecular complexity index is 759. The topological polar surface area (TPSA) is 58.6 Å². The Balaban J connectivity index is 1.72. The predicted molar refractivity (Wildman–Crippen MR) is 90.7 cm³/mol. The minimum Gasteiger partial charge on any atom is -0.478 e. The number of fused-ring (bicyclic) bond motifs is 3. The number of ether oxygens (including phenoxy) is 1. The summed E-state index contributed by atoms with van der Waals surface area (Å²) in [5, 5.41) is 12.7. The lowest BCUT2D eigenvalue weighted by Crippen LogP contribution is -2.29. The van der Waals surface area contributed by atoms with E-state index in [4.69, 9.17) is 9.84 Å². The van der Waals surface area contributed by atoms with Crippen molar-refractivity contribution >= 4 is 27.6 Å². The van der Waals surface area contributed by atoms with E-state index >= 15 is 0 Å². The first-order chi connectivity index (χ1) is 11.1. The lowest BCUT2D eigenvalue weighted by atomic mass is 9.81. The van der Waals surface area contributed by atoms with Crippen LogP contribution in [0.1, 0.15) is 40.1 Å². The second kappa shape index (κ2) is 5.65. The van der Waals surface area contributed by atoms with Crippen molar-refractivity contribution in [2.75, 3.05) is 11.9 Å². The summed E-state index contributed by atoms with van der Waals surface area (Å²) in [6, 6.07) is 13.5. The van der Waals surface area contributed by atoms with E-state index in [1.807, 2.05) is 18.2 Å². The number of halogens is 1. The Kier molecular flexibility index (Phi) is 3.62. The quantitative estimate of drug-likeness (QED) is 0.819. The summed E-state index contributed by atoms with van der Waals surface area (Å²) in [5.41, 5.74) is 3.70. The molecule has 2 aliphatic heterocycles. The van der Waals surface area contributed by atoms with Gasteiger partial charge in [0, 0.05) is 28.2 Å². The summed E-state index contributed by atoms with van der Waals surface area (Å²) in [6.07, 6.45) is 1.09. The van der Waals surface area contributed by atoms with Gasteiger partial charge in [-0.1, -0.05) is 28.1 Å². The number of benzene rings is 2. The summed E-state index contributed by atoms with van der Waals surface area (Å²) in [5.74, 6) is -0.544. The molecule has 0 spiro atoms. The van der Waals surface area contributed by atoms with E-state index in [2.05, 4.69) is 33.4 Å². The van der Waals surface area contributed by atoms with Gasteiger partial charge in [-0.05, 0) is 42.3 Å². The second-order valence-electron chi connectivity index (χ2n) is 6.02. The maximum absolute atomic E-state index is 11.0. The molecule has 0 aromatic heterocycles. The molecule has 5 heteroatoms. The molecule has 2 aromatic rings. The van der Waals surface area contributed by atoms with Gasteiger partial charge in [-0.3, -0.25) is 0 Å². The molecule has 4 rings (SSSR count). The highest BCUT2D eigenvalue weighted by molar-refractivity contribution is 9.10. The highest BCUT2D eigenvalue weighted by atomic mass is 79.9. The normalized spacial score (nSPS) is 25.3. The van der Waals surface area contributed by atoms with Crippen LogP contribution in [0, 0.1) is 5.92 Å². The van der Waals surface area contributed by atoms with Crippen molar-refractivity contribution in [2.45, 2.75) is 18.6 Å². The van der Waals surface area contributed by atoms with Gasteiger partial charge in [-0.15, -0.1) is 0 Å². The Morgan fingerprint density at radius 2 is 2.00 bits per heavy atom. The van der Waals surface area contributed by atoms with Gasteiger partial charge >= 0.3 is 5.97 Å². The van der Waals surface area contributed by atoms with Crippen molar-refractivity contribution in [2.24, 2.45) is 5.92 Å². The first kappa shape index (κ1) is 14.7. The zero-order chi connectivity index (χ0) is 16.0. The SMILES string of the molecule is O=C(O)c1ccc(C2Nc3ccc(Br)cc3[C@H]3OCC[C@@H]23)cc1. The standard InChI is InChI=1S/C18H16BrNO3/c19-12-5-6-15-14(9-12)17-13(7-8-23-17)16(20-15)10-1-3-11(4-2-10)18(21)22/h1-6,9,13,16-17,20H,7-8H2,(H,21,22)/t13-,16?,17-/m0/s1. The van der Waals surface area contributed by atoms with Crippen LogP contribution < -0.4 is 5.32 Å². The Morgan fingerprint density at radius 3 is 2.74 bits per heavy atom. The lowest BCUT2D eigenvalue weighted by molar-refractivity contribution is 0.0696. The third kappa shape index (κ3) is 2.54. The molecule has 1 fully saturated rings. The van der Waals surface area contributed by atoms with Crippen molar-refractivity contribution in [3.63, 3.8) is 0 Å².